The number of hydrogen-bond donors (Lipinski definition) is 1. The van der Waals surface area contributed by atoms with E-state index < -0.39 is 38.7 Å². The van der Waals surface area contributed by atoms with Gasteiger partial charge in [-0.2, -0.15) is 5.26 Å². The predicted molar refractivity (Wildman–Crippen MR) is 340 cm³/mol. The molecule has 0 spiro atoms. The van der Waals surface area contributed by atoms with Crippen molar-refractivity contribution in [1.29, 1.82) is 5.26 Å². The Bertz CT molecular complexity index is 2800. The third-order valence-electron chi connectivity index (χ3n) is 16.0. The van der Waals surface area contributed by atoms with Crippen LogP contribution < -0.4 is 14.8 Å². The van der Waals surface area contributed by atoms with Crippen molar-refractivity contribution in [2.75, 3.05) is 39.4 Å². The van der Waals surface area contributed by atoms with Gasteiger partial charge in [-0.15, -0.1) is 0 Å². The Labute approximate surface area is 508 Å². The van der Waals surface area contributed by atoms with Crippen molar-refractivity contribution < 1.29 is 37.5 Å². The van der Waals surface area contributed by atoms with E-state index in [1.807, 2.05) is 89.5 Å². The molecule has 6 aromatic rings. The van der Waals surface area contributed by atoms with Crippen molar-refractivity contribution in [3.8, 4) is 17.6 Å². The maximum atomic E-state index is 13.6. The molecule has 15 nitrogen and oxygen atoms in total. The van der Waals surface area contributed by atoms with Crippen LogP contribution in [0.4, 0.5) is 5.82 Å². The number of fused-ring (bicyclic) bond motifs is 1. The minimum absolute atomic E-state index is 0.0119. The number of carbonyl (C=O) groups excluding carboxylic acids is 1. The van der Waals surface area contributed by atoms with Crippen molar-refractivity contribution >= 4 is 31.4 Å². The normalized spacial score (nSPS) is 16.6. The molecule has 4 aromatic carbocycles. The number of nitriles is 1. The average molecular weight is 1180 g/mol. The third kappa shape index (κ3) is 19.3. The van der Waals surface area contributed by atoms with Crippen LogP contribution in [0.1, 0.15) is 203 Å². The largest absolute Gasteiger partial charge is 0.497 e. The SMILES string of the molecule is CCCCCCCCCCCCCCCCCCCCCCO[C@H]1C(OP(OCCC#N)N(C(C)C)C(C)C)[C@@H](COC(c2ccccc2)(c2ccc(OC)cc2)c2ccc(OC)cc2)O[C@H]1n1cnc2c(NC(=O)c3ccccc3)ncnc21. The summed E-state index contributed by atoms with van der Waals surface area (Å²) >= 11 is 0. The number of amides is 1. The van der Waals surface area contributed by atoms with Gasteiger partial charge in [-0.05, 0) is 87.2 Å². The number of carbonyl (C=O) groups is 1. The molecule has 1 aliphatic rings. The van der Waals surface area contributed by atoms with Gasteiger partial charge in [-0.25, -0.2) is 19.6 Å². The summed E-state index contributed by atoms with van der Waals surface area (Å²) in [6.45, 7) is 11.4. The number of benzene rings is 4. The molecule has 460 valence electrons. The molecule has 1 saturated heterocycles. The zero-order valence-electron chi connectivity index (χ0n) is 51.9. The molecular formula is C69H96N7O8P. The summed E-state index contributed by atoms with van der Waals surface area (Å²) in [5.41, 5.74) is 2.72. The lowest BCUT2D eigenvalue weighted by molar-refractivity contribution is -0.0954. The Morgan fingerprint density at radius 3 is 1.67 bits per heavy atom. The Balaban J connectivity index is 1.15. The molecule has 5 atom stereocenters. The summed E-state index contributed by atoms with van der Waals surface area (Å²) in [4.78, 5) is 27.7. The fourth-order valence-corrected chi connectivity index (χ4v) is 13.3. The van der Waals surface area contributed by atoms with Crippen LogP contribution in [0.3, 0.4) is 0 Å². The van der Waals surface area contributed by atoms with Gasteiger partial charge < -0.3 is 38.0 Å². The van der Waals surface area contributed by atoms with Crippen molar-refractivity contribution in [1.82, 2.24) is 24.2 Å². The second kappa shape index (κ2) is 36.4. The van der Waals surface area contributed by atoms with E-state index >= 15 is 0 Å². The molecule has 0 aliphatic carbocycles. The Morgan fingerprint density at radius 1 is 0.659 bits per heavy atom. The number of unbranched alkanes of at least 4 members (excludes halogenated alkanes) is 19. The lowest BCUT2D eigenvalue weighted by Crippen LogP contribution is -2.43. The predicted octanol–water partition coefficient (Wildman–Crippen LogP) is 16.9. The number of aromatic nitrogens is 4. The van der Waals surface area contributed by atoms with E-state index in [1.54, 1.807) is 32.7 Å². The maximum Gasteiger partial charge on any atom is 0.259 e. The van der Waals surface area contributed by atoms with Crippen LogP contribution in [-0.2, 0) is 28.9 Å². The summed E-state index contributed by atoms with van der Waals surface area (Å²) < 4.78 is 51.7. The lowest BCUT2D eigenvalue weighted by Gasteiger charge is -2.39. The van der Waals surface area contributed by atoms with Crippen LogP contribution in [0.15, 0.2) is 122 Å². The zero-order valence-corrected chi connectivity index (χ0v) is 52.8. The van der Waals surface area contributed by atoms with Crippen LogP contribution in [0.2, 0.25) is 0 Å². The van der Waals surface area contributed by atoms with Crippen molar-refractivity contribution in [2.45, 2.75) is 212 Å². The van der Waals surface area contributed by atoms with Crippen molar-refractivity contribution in [3.05, 3.63) is 144 Å². The first-order chi connectivity index (χ1) is 41.6. The standard InChI is InChI=1S/C69H96N7O8P/c1-8-9-10-11-12-13-14-15-16-17-18-19-20-21-22-23-24-25-26-33-48-80-64-63(84-85(82-49-34-47-70)76(53(2)3)54(4)5)61(83-68(64)75-52-73-62-65(71-51-72-66(62)75)74-67(77)55-35-29-27-30-36-55)50-81-69(56-37-31-28-32-38-56,57-39-43-59(78-6)44-40-57)58-41-45-60(79-7)46-42-58/h27-32,35-46,51-54,61,63-64,68H,8-26,33-34,48-50H2,1-7H3,(H,71,72,74,77)/t61-,63?,64+,68-,85?/m1/s1. The molecule has 7 rings (SSSR count). The summed E-state index contributed by atoms with van der Waals surface area (Å²) in [6, 6.07) is 37.4. The molecule has 2 unspecified atom stereocenters. The molecule has 85 heavy (non-hydrogen) atoms. The Hall–Kier alpha value is -5.82. The first kappa shape index (κ1) is 66.7. The van der Waals surface area contributed by atoms with Gasteiger partial charge in [0.2, 0.25) is 0 Å². The quantitative estimate of drug-likeness (QED) is 0.0219. The first-order valence-corrected chi connectivity index (χ1v) is 32.8. The molecule has 3 heterocycles. The summed E-state index contributed by atoms with van der Waals surface area (Å²) in [5.74, 6) is 1.35. The van der Waals surface area contributed by atoms with Gasteiger partial charge in [0.15, 0.2) is 23.2 Å². The molecule has 16 heteroatoms. The number of imidazole rings is 1. The van der Waals surface area contributed by atoms with Gasteiger partial charge in [-0.1, -0.05) is 202 Å². The summed E-state index contributed by atoms with van der Waals surface area (Å²) in [6.07, 6.45) is 26.1. The number of nitrogens with one attached hydrogen (secondary N) is 1. The molecule has 1 fully saturated rings. The molecule has 1 aliphatic heterocycles. The van der Waals surface area contributed by atoms with Gasteiger partial charge in [0.25, 0.3) is 14.4 Å². The first-order valence-electron chi connectivity index (χ1n) is 31.7. The Morgan fingerprint density at radius 2 is 1.16 bits per heavy atom. The summed E-state index contributed by atoms with van der Waals surface area (Å²) in [7, 11) is 1.50. The second-order valence-corrected chi connectivity index (χ2v) is 24.3. The van der Waals surface area contributed by atoms with E-state index in [9.17, 15) is 10.1 Å². The summed E-state index contributed by atoms with van der Waals surface area (Å²) in [5, 5.41) is 12.7. The van der Waals surface area contributed by atoms with E-state index in [0.29, 0.717) is 34.8 Å². The number of rotatable bonds is 41. The van der Waals surface area contributed by atoms with Crippen molar-refractivity contribution in [3.63, 3.8) is 0 Å². The minimum Gasteiger partial charge on any atom is -0.497 e. The molecule has 1 N–H and O–H groups in total. The average Bonchev–Trinajstić information content (AvgIpc) is 3.13. The van der Waals surface area contributed by atoms with Crippen LogP contribution >= 0.6 is 8.53 Å². The van der Waals surface area contributed by atoms with Gasteiger partial charge >= 0.3 is 0 Å². The van der Waals surface area contributed by atoms with E-state index in [4.69, 9.17) is 42.7 Å². The van der Waals surface area contributed by atoms with E-state index in [2.05, 4.69) is 67.8 Å². The van der Waals surface area contributed by atoms with Crippen LogP contribution in [0, 0.1) is 11.3 Å². The van der Waals surface area contributed by atoms with Crippen LogP contribution in [-0.4, -0.2) is 94.5 Å². The lowest BCUT2D eigenvalue weighted by atomic mass is 9.80. The smallest absolute Gasteiger partial charge is 0.259 e. The van der Waals surface area contributed by atoms with Gasteiger partial charge in [0.05, 0.1) is 46.3 Å². The van der Waals surface area contributed by atoms with E-state index in [1.165, 1.54) is 115 Å². The topological polar surface area (TPSA) is 164 Å². The molecule has 0 saturated carbocycles. The fraction of sp³-hybridized carbons (Fsp3) is 0.551. The second-order valence-electron chi connectivity index (χ2n) is 22.9. The van der Waals surface area contributed by atoms with Gasteiger partial charge in [-0.3, -0.25) is 9.36 Å². The van der Waals surface area contributed by atoms with E-state index in [-0.39, 0.29) is 43.4 Å². The fourth-order valence-electron chi connectivity index (χ4n) is 11.5. The van der Waals surface area contributed by atoms with Crippen molar-refractivity contribution in [2.24, 2.45) is 0 Å². The molecule has 1 amide bonds. The minimum atomic E-state index is -1.81. The van der Waals surface area contributed by atoms with Crippen LogP contribution in [0.5, 0.6) is 11.5 Å². The van der Waals surface area contributed by atoms with Gasteiger partial charge in [0.1, 0.15) is 41.7 Å². The molecule has 0 bridgehead atoms. The maximum absolute atomic E-state index is 13.6. The Kier molecular flexibility index (Phi) is 28.5. The zero-order chi connectivity index (χ0) is 60.1. The van der Waals surface area contributed by atoms with Crippen LogP contribution in [0.25, 0.3) is 11.2 Å². The highest BCUT2D eigenvalue weighted by Crippen LogP contribution is 2.52. The number of ether oxygens (including phenoxy) is 5. The molecule has 0 radical (unpaired) electrons. The molecular weight excluding hydrogens is 1090 g/mol. The molecule has 2 aromatic heterocycles. The highest BCUT2D eigenvalue weighted by atomic mass is 31.2. The highest BCUT2D eigenvalue weighted by molar-refractivity contribution is 7.44. The van der Waals surface area contributed by atoms with E-state index in [0.717, 1.165) is 36.0 Å². The number of hydrogen-bond acceptors (Lipinski definition) is 13. The van der Waals surface area contributed by atoms with Gasteiger partial charge in [0, 0.05) is 24.3 Å². The number of methoxy groups -OCH3 is 2. The third-order valence-corrected chi connectivity index (χ3v) is 18.1. The monoisotopic (exact) mass is 1180 g/mol. The number of nitrogens with zero attached hydrogens (tertiary/aromatic N) is 6. The highest BCUT2D eigenvalue weighted by Gasteiger charge is 2.52. The number of anilines is 1.